The second kappa shape index (κ2) is 5.48. The molecule has 2 aromatic heterocycles. The summed E-state index contributed by atoms with van der Waals surface area (Å²) in [5.41, 5.74) is 4.53. The number of nitrogens with one attached hydrogen (secondary N) is 2. The van der Waals surface area contributed by atoms with Gasteiger partial charge in [0.15, 0.2) is 0 Å². The summed E-state index contributed by atoms with van der Waals surface area (Å²) in [6.07, 6.45) is 4.97. The minimum Gasteiger partial charge on any atom is -0.473 e. The third-order valence-corrected chi connectivity index (χ3v) is 4.91. The van der Waals surface area contributed by atoms with Gasteiger partial charge in [0, 0.05) is 40.9 Å². The molecule has 0 fully saturated rings. The highest BCUT2D eigenvalue weighted by Gasteiger charge is 2.27. The van der Waals surface area contributed by atoms with Gasteiger partial charge < -0.3 is 15.0 Å². The number of pyridine rings is 1. The molecule has 124 valence electrons. The number of para-hydroxylation sites is 1. The Labute approximate surface area is 144 Å². The minimum absolute atomic E-state index is 0.0120. The first kappa shape index (κ1) is 14.3. The standard InChI is InChI=1S/C20H17N3O2/c24-20-15-10-16-14-6-3-5-12-7-8-17(23-18(12)14)25-9-2-1-4-13(11-21-20)19(15)22-16/h1-3,5-8,10,13,22H,4,9,11H2,(H,21,24)/b2-1-/t13-/m1/s1. The summed E-state index contributed by atoms with van der Waals surface area (Å²) < 4.78 is 5.76. The van der Waals surface area contributed by atoms with Crippen LogP contribution in [0.3, 0.4) is 0 Å². The number of aromatic amines is 1. The average molecular weight is 331 g/mol. The number of benzene rings is 1. The maximum Gasteiger partial charge on any atom is 0.253 e. The number of nitrogens with zero attached hydrogens (tertiary/aromatic N) is 1. The van der Waals surface area contributed by atoms with E-state index in [0.29, 0.717) is 19.0 Å². The zero-order valence-corrected chi connectivity index (χ0v) is 13.6. The van der Waals surface area contributed by atoms with Crippen molar-refractivity contribution in [3.63, 3.8) is 0 Å². The quantitative estimate of drug-likeness (QED) is 0.621. The summed E-state index contributed by atoms with van der Waals surface area (Å²) in [6.45, 7) is 1.13. The molecule has 0 radical (unpaired) electrons. The van der Waals surface area contributed by atoms with Crippen LogP contribution < -0.4 is 10.1 Å². The summed E-state index contributed by atoms with van der Waals surface area (Å²) in [6, 6.07) is 11.9. The van der Waals surface area contributed by atoms with Gasteiger partial charge in [-0.1, -0.05) is 30.4 Å². The summed E-state index contributed by atoms with van der Waals surface area (Å²) in [5.74, 6) is 0.841. The van der Waals surface area contributed by atoms with Crippen LogP contribution in [0.2, 0.25) is 0 Å². The fourth-order valence-corrected chi connectivity index (χ4v) is 3.63. The lowest BCUT2D eigenvalue weighted by atomic mass is 9.94. The normalized spacial score (nSPS) is 20.2. The van der Waals surface area contributed by atoms with Crippen LogP contribution in [0.5, 0.6) is 5.88 Å². The van der Waals surface area contributed by atoms with Crippen molar-refractivity contribution in [1.29, 1.82) is 0 Å². The Morgan fingerprint density at radius 1 is 1.12 bits per heavy atom. The lowest BCUT2D eigenvalue weighted by Gasteiger charge is -2.21. The van der Waals surface area contributed by atoms with Gasteiger partial charge in [0.1, 0.15) is 6.61 Å². The van der Waals surface area contributed by atoms with Gasteiger partial charge in [0.05, 0.1) is 11.1 Å². The van der Waals surface area contributed by atoms with E-state index in [2.05, 4.69) is 21.4 Å². The average Bonchev–Trinajstić information content (AvgIpc) is 3.08. The van der Waals surface area contributed by atoms with Crippen molar-refractivity contribution < 1.29 is 9.53 Å². The third-order valence-electron chi connectivity index (χ3n) is 4.91. The molecule has 1 atom stereocenters. The van der Waals surface area contributed by atoms with Gasteiger partial charge in [-0.05, 0) is 18.6 Å². The van der Waals surface area contributed by atoms with Gasteiger partial charge in [-0.25, -0.2) is 4.98 Å². The van der Waals surface area contributed by atoms with Crippen LogP contribution >= 0.6 is 0 Å². The Morgan fingerprint density at radius 2 is 2.08 bits per heavy atom. The molecule has 1 aromatic carbocycles. The zero-order chi connectivity index (χ0) is 16.8. The molecule has 4 bridgehead atoms. The van der Waals surface area contributed by atoms with Crippen molar-refractivity contribution in [3.8, 4) is 17.1 Å². The van der Waals surface area contributed by atoms with E-state index in [1.54, 1.807) is 0 Å². The van der Waals surface area contributed by atoms with Crippen LogP contribution in [0.25, 0.3) is 22.2 Å². The smallest absolute Gasteiger partial charge is 0.253 e. The van der Waals surface area contributed by atoms with Crippen LogP contribution in [0.4, 0.5) is 0 Å². The molecule has 25 heavy (non-hydrogen) atoms. The van der Waals surface area contributed by atoms with Gasteiger partial charge in [0.2, 0.25) is 5.88 Å². The first-order valence-electron chi connectivity index (χ1n) is 8.48. The van der Waals surface area contributed by atoms with E-state index in [1.807, 2.05) is 42.5 Å². The lowest BCUT2D eigenvalue weighted by molar-refractivity contribution is 0.0940. The van der Waals surface area contributed by atoms with Crippen LogP contribution in [-0.2, 0) is 0 Å². The third kappa shape index (κ3) is 2.31. The molecule has 1 amide bonds. The number of ether oxygens (including phenoxy) is 1. The maximum absolute atomic E-state index is 12.3. The molecule has 0 saturated carbocycles. The molecule has 0 saturated heterocycles. The number of amides is 1. The lowest BCUT2D eigenvalue weighted by Crippen LogP contribution is -2.34. The van der Waals surface area contributed by atoms with E-state index in [9.17, 15) is 4.79 Å². The maximum atomic E-state index is 12.3. The predicted octanol–water partition coefficient (Wildman–Crippen LogP) is 3.40. The molecule has 4 heterocycles. The van der Waals surface area contributed by atoms with Crippen molar-refractivity contribution in [2.24, 2.45) is 0 Å². The topological polar surface area (TPSA) is 67.0 Å². The Morgan fingerprint density at radius 3 is 3.04 bits per heavy atom. The summed E-state index contributed by atoms with van der Waals surface area (Å²) in [4.78, 5) is 20.5. The monoisotopic (exact) mass is 331 g/mol. The predicted molar refractivity (Wildman–Crippen MR) is 95.9 cm³/mol. The molecule has 5 rings (SSSR count). The number of aromatic nitrogens is 2. The minimum atomic E-state index is -0.0120. The number of fused-ring (bicyclic) bond motifs is 3. The second-order valence-corrected chi connectivity index (χ2v) is 6.46. The van der Waals surface area contributed by atoms with E-state index >= 15 is 0 Å². The molecule has 2 N–H and O–H groups in total. The highest BCUT2D eigenvalue weighted by Crippen LogP contribution is 2.34. The van der Waals surface area contributed by atoms with Crippen LogP contribution in [0.15, 0.2) is 48.6 Å². The number of H-pyrrole nitrogens is 1. The molecule has 5 heteroatoms. The first-order valence-corrected chi connectivity index (χ1v) is 8.48. The summed E-state index contributed by atoms with van der Waals surface area (Å²) in [5, 5.41) is 4.03. The Balaban J connectivity index is 1.78. The highest BCUT2D eigenvalue weighted by molar-refractivity contribution is 6.00. The second-order valence-electron chi connectivity index (χ2n) is 6.46. The van der Waals surface area contributed by atoms with Crippen molar-refractivity contribution in [3.05, 3.63) is 59.8 Å². The fourth-order valence-electron chi connectivity index (χ4n) is 3.63. The number of carbonyl (C=O) groups excluding carboxylic acids is 1. The largest absolute Gasteiger partial charge is 0.473 e. The van der Waals surface area contributed by atoms with Gasteiger partial charge in [0.25, 0.3) is 5.91 Å². The van der Waals surface area contributed by atoms with E-state index in [-0.39, 0.29) is 11.8 Å². The van der Waals surface area contributed by atoms with Crippen molar-refractivity contribution >= 4 is 16.8 Å². The fraction of sp³-hybridized carbons (Fsp3) is 0.200. The molecule has 5 nitrogen and oxygen atoms in total. The Bertz CT molecular complexity index is 1020. The molecule has 2 aliphatic rings. The summed E-state index contributed by atoms with van der Waals surface area (Å²) in [7, 11) is 0. The van der Waals surface area contributed by atoms with Gasteiger partial charge >= 0.3 is 0 Å². The molecular formula is C20H17N3O2. The van der Waals surface area contributed by atoms with E-state index in [1.165, 1.54) is 0 Å². The molecule has 0 spiro atoms. The van der Waals surface area contributed by atoms with Crippen molar-refractivity contribution in [2.75, 3.05) is 13.2 Å². The number of allylic oxidation sites excluding steroid dienone is 1. The van der Waals surface area contributed by atoms with Crippen molar-refractivity contribution in [1.82, 2.24) is 15.3 Å². The van der Waals surface area contributed by atoms with Gasteiger partial charge in [-0.2, -0.15) is 0 Å². The van der Waals surface area contributed by atoms with Crippen LogP contribution in [-0.4, -0.2) is 29.0 Å². The van der Waals surface area contributed by atoms with Gasteiger partial charge in [-0.3, -0.25) is 4.79 Å². The number of hydrogen-bond donors (Lipinski definition) is 2. The van der Waals surface area contributed by atoms with E-state index < -0.39 is 0 Å². The van der Waals surface area contributed by atoms with E-state index in [0.717, 1.165) is 39.8 Å². The molecule has 3 aromatic rings. The molecule has 2 aliphatic heterocycles. The highest BCUT2D eigenvalue weighted by atomic mass is 16.5. The molecule has 0 aliphatic carbocycles. The number of hydrogen-bond acceptors (Lipinski definition) is 3. The Hall–Kier alpha value is -3.08. The summed E-state index contributed by atoms with van der Waals surface area (Å²) >= 11 is 0. The Kier molecular flexibility index (Phi) is 3.13. The first-order chi connectivity index (χ1) is 12.3. The van der Waals surface area contributed by atoms with Crippen LogP contribution in [0.1, 0.15) is 28.4 Å². The van der Waals surface area contributed by atoms with Crippen LogP contribution in [0, 0.1) is 0 Å². The zero-order valence-electron chi connectivity index (χ0n) is 13.6. The van der Waals surface area contributed by atoms with Gasteiger partial charge in [-0.15, -0.1) is 0 Å². The van der Waals surface area contributed by atoms with Crippen molar-refractivity contribution in [2.45, 2.75) is 12.3 Å². The number of rotatable bonds is 0. The SMILES string of the molecule is O=C1NC[C@H]2C/C=C\COc3ccc4cccc(c4n3)-c3cc1c2[nH]3. The molecular weight excluding hydrogens is 314 g/mol. The molecule has 0 unspecified atom stereocenters. The van der Waals surface area contributed by atoms with E-state index in [4.69, 9.17) is 4.74 Å². The number of carbonyl (C=O) groups is 1.